The first-order chi connectivity index (χ1) is 8.46. The van der Waals surface area contributed by atoms with Gasteiger partial charge in [0.2, 0.25) is 5.91 Å². The smallest absolute Gasteiger partial charge is 0.231 e. The van der Waals surface area contributed by atoms with E-state index in [9.17, 15) is 4.79 Å². The van der Waals surface area contributed by atoms with Gasteiger partial charge in [-0.3, -0.25) is 9.69 Å². The molecule has 1 atom stereocenters. The lowest BCUT2D eigenvalue weighted by atomic mass is 9.87. The third-order valence-electron chi connectivity index (χ3n) is 3.19. The van der Waals surface area contributed by atoms with Crippen LogP contribution in [-0.4, -0.2) is 23.8 Å². The van der Waals surface area contributed by atoms with Crippen molar-refractivity contribution in [2.45, 2.75) is 18.9 Å². The van der Waals surface area contributed by atoms with Gasteiger partial charge < -0.3 is 5.73 Å². The van der Waals surface area contributed by atoms with Crippen molar-refractivity contribution in [2.24, 2.45) is 10.7 Å². The van der Waals surface area contributed by atoms with Gasteiger partial charge in [-0.15, -0.1) is 0 Å². The summed E-state index contributed by atoms with van der Waals surface area (Å²) < 4.78 is 0. The van der Waals surface area contributed by atoms with Gasteiger partial charge in [-0.25, -0.2) is 4.99 Å². The van der Waals surface area contributed by atoms with Gasteiger partial charge in [0.15, 0.2) is 5.96 Å². The van der Waals surface area contributed by atoms with Gasteiger partial charge >= 0.3 is 0 Å². The highest BCUT2D eigenvalue weighted by atomic mass is 16.2. The monoisotopic (exact) mass is 242 g/mol. The van der Waals surface area contributed by atoms with Crippen molar-refractivity contribution in [3.8, 4) is 6.07 Å². The molecule has 0 aromatic heterocycles. The summed E-state index contributed by atoms with van der Waals surface area (Å²) in [5, 5.41) is 8.90. The fourth-order valence-electron chi connectivity index (χ4n) is 2.00. The largest absolute Gasteiger partial charge is 0.369 e. The fourth-order valence-corrected chi connectivity index (χ4v) is 2.00. The maximum atomic E-state index is 11.8. The van der Waals surface area contributed by atoms with E-state index < -0.39 is 5.54 Å². The summed E-state index contributed by atoms with van der Waals surface area (Å²) in [5.41, 5.74) is 6.42. The molecule has 0 fully saturated rings. The van der Waals surface area contributed by atoms with E-state index in [1.54, 1.807) is 25.2 Å². The van der Waals surface area contributed by atoms with Crippen LogP contribution in [0, 0.1) is 11.3 Å². The summed E-state index contributed by atoms with van der Waals surface area (Å²) in [5.74, 6) is 0.128. The Morgan fingerprint density at radius 2 is 2.28 bits per heavy atom. The number of rotatable bonds is 1. The van der Waals surface area contributed by atoms with Crippen molar-refractivity contribution >= 4 is 11.9 Å². The second kappa shape index (κ2) is 4.15. The van der Waals surface area contributed by atoms with Crippen molar-refractivity contribution in [3.63, 3.8) is 0 Å². The molecule has 0 aliphatic carbocycles. The van der Waals surface area contributed by atoms with Crippen molar-refractivity contribution in [1.82, 2.24) is 4.90 Å². The van der Waals surface area contributed by atoms with Crippen LogP contribution in [0.4, 0.5) is 0 Å². The molecule has 0 bridgehead atoms. The highest BCUT2D eigenvalue weighted by Crippen LogP contribution is 2.32. The summed E-state index contributed by atoms with van der Waals surface area (Å²) in [4.78, 5) is 17.6. The Labute approximate surface area is 106 Å². The van der Waals surface area contributed by atoms with Crippen LogP contribution < -0.4 is 5.73 Å². The average molecular weight is 242 g/mol. The molecule has 0 saturated heterocycles. The minimum Gasteiger partial charge on any atom is -0.369 e. The summed E-state index contributed by atoms with van der Waals surface area (Å²) in [7, 11) is 1.60. The van der Waals surface area contributed by atoms with E-state index in [1.807, 2.05) is 13.0 Å². The highest BCUT2D eigenvalue weighted by Gasteiger charge is 2.36. The summed E-state index contributed by atoms with van der Waals surface area (Å²) in [6.07, 6.45) is 0.249. The average Bonchev–Trinajstić information content (AvgIpc) is 2.36. The van der Waals surface area contributed by atoms with E-state index in [0.717, 1.165) is 5.56 Å². The van der Waals surface area contributed by atoms with Gasteiger partial charge in [-0.05, 0) is 24.6 Å². The number of guanidine groups is 1. The van der Waals surface area contributed by atoms with Crippen LogP contribution in [0.3, 0.4) is 0 Å². The molecule has 1 heterocycles. The van der Waals surface area contributed by atoms with E-state index >= 15 is 0 Å². The number of nitrogens with two attached hydrogens (primary N) is 1. The Morgan fingerprint density at radius 3 is 2.89 bits per heavy atom. The Kier molecular flexibility index (Phi) is 2.79. The standard InChI is InChI=1S/C13H14N4O/c1-13(7-11(18)17(2)12(15)16-13)10-5-3-4-9(6-10)8-14/h3-6H,7H2,1-2H3,(H2,15,16)/t13-/m0/s1. The lowest BCUT2D eigenvalue weighted by Crippen LogP contribution is -2.47. The molecule has 1 aliphatic rings. The number of nitrogens with zero attached hydrogens (tertiary/aromatic N) is 3. The molecule has 1 aromatic carbocycles. The zero-order valence-corrected chi connectivity index (χ0v) is 10.3. The van der Waals surface area contributed by atoms with Gasteiger partial charge in [-0.2, -0.15) is 5.26 Å². The zero-order valence-electron chi connectivity index (χ0n) is 10.3. The van der Waals surface area contributed by atoms with Crippen LogP contribution in [-0.2, 0) is 10.3 Å². The van der Waals surface area contributed by atoms with Crippen LogP contribution in [0.25, 0.3) is 0 Å². The third-order valence-corrected chi connectivity index (χ3v) is 3.19. The van der Waals surface area contributed by atoms with E-state index in [0.29, 0.717) is 5.56 Å². The molecule has 1 aliphatic heterocycles. The molecule has 18 heavy (non-hydrogen) atoms. The molecule has 2 rings (SSSR count). The van der Waals surface area contributed by atoms with E-state index in [4.69, 9.17) is 11.0 Å². The first kappa shape index (κ1) is 12.1. The number of amides is 1. The van der Waals surface area contributed by atoms with Crippen molar-refractivity contribution in [1.29, 1.82) is 5.26 Å². The van der Waals surface area contributed by atoms with Crippen molar-refractivity contribution < 1.29 is 4.79 Å². The van der Waals surface area contributed by atoms with Crippen LogP contribution in [0.1, 0.15) is 24.5 Å². The number of benzene rings is 1. The molecule has 92 valence electrons. The predicted octanol–water partition coefficient (Wildman–Crippen LogP) is 0.950. The molecule has 0 unspecified atom stereocenters. The van der Waals surface area contributed by atoms with Crippen LogP contribution in [0.2, 0.25) is 0 Å². The Morgan fingerprint density at radius 1 is 1.56 bits per heavy atom. The lowest BCUT2D eigenvalue weighted by Gasteiger charge is -2.33. The van der Waals surface area contributed by atoms with Gasteiger partial charge in [-0.1, -0.05) is 12.1 Å². The highest BCUT2D eigenvalue weighted by molar-refractivity contribution is 5.98. The Bertz CT molecular complexity index is 573. The number of carbonyl (C=O) groups excluding carboxylic acids is 1. The molecule has 0 saturated carbocycles. The first-order valence-electron chi connectivity index (χ1n) is 5.59. The van der Waals surface area contributed by atoms with Gasteiger partial charge in [0.05, 0.1) is 23.6 Å². The second-order valence-corrected chi connectivity index (χ2v) is 4.57. The molecule has 1 amide bonds. The van der Waals surface area contributed by atoms with E-state index in [1.165, 1.54) is 4.90 Å². The summed E-state index contributed by atoms with van der Waals surface area (Å²) in [6.45, 7) is 1.85. The maximum absolute atomic E-state index is 11.8. The van der Waals surface area contributed by atoms with Crippen LogP contribution in [0.15, 0.2) is 29.3 Å². The third kappa shape index (κ3) is 1.93. The van der Waals surface area contributed by atoms with Crippen LogP contribution >= 0.6 is 0 Å². The summed E-state index contributed by atoms with van der Waals surface area (Å²) in [6, 6.07) is 9.19. The molecule has 5 nitrogen and oxygen atoms in total. The Hall–Kier alpha value is -2.35. The maximum Gasteiger partial charge on any atom is 0.231 e. The molecule has 0 radical (unpaired) electrons. The van der Waals surface area contributed by atoms with Crippen molar-refractivity contribution in [2.75, 3.05) is 7.05 Å². The summed E-state index contributed by atoms with van der Waals surface area (Å²) >= 11 is 0. The van der Waals surface area contributed by atoms with Gasteiger partial charge in [0, 0.05) is 7.05 Å². The Balaban J connectivity index is 2.49. The van der Waals surface area contributed by atoms with Crippen molar-refractivity contribution in [3.05, 3.63) is 35.4 Å². The molecule has 0 spiro atoms. The number of carbonyl (C=O) groups is 1. The number of nitriles is 1. The molecular formula is C13H14N4O. The van der Waals surface area contributed by atoms with Gasteiger partial charge in [0.1, 0.15) is 0 Å². The predicted molar refractivity (Wildman–Crippen MR) is 67.5 cm³/mol. The first-order valence-corrected chi connectivity index (χ1v) is 5.59. The minimum absolute atomic E-state index is 0.0765. The van der Waals surface area contributed by atoms with Crippen LogP contribution in [0.5, 0.6) is 0 Å². The zero-order chi connectivity index (χ0) is 13.3. The molecular weight excluding hydrogens is 228 g/mol. The minimum atomic E-state index is -0.694. The lowest BCUT2D eigenvalue weighted by molar-refractivity contribution is -0.128. The number of hydrogen-bond acceptors (Lipinski definition) is 4. The molecule has 5 heteroatoms. The van der Waals surface area contributed by atoms with Gasteiger partial charge in [0.25, 0.3) is 0 Å². The van der Waals surface area contributed by atoms with E-state index in [-0.39, 0.29) is 18.3 Å². The quantitative estimate of drug-likeness (QED) is 0.795. The molecule has 1 aromatic rings. The molecule has 2 N–H and O–H groups in total. The second-order valence-electron chi connectivity index (χ2n) is 4.57. The number of aliphatic imine (C=N–C) groups is 1. The fraction of sp³-hybridized carbons (Fsp3) is 0.308. The van der Waals surface area contributed by atoms with E-state index in [2.05, 4.69) is 11.1 Å². The SMILES string of the molecule is CN1C(=O)C[C@@](C)(c2cccc(C#N)c2)N=C1N. The topological polar surface area (TPSA) is 82.5 Å². The normalized spacial score (nSPS) is 23.5. The number of hydrogen-bond donors (Lipinski definition) is 1.